The minimum Gasteiger partial charge on any atom is -0.350 e. The van der Waals surface area contributed by atoms with Crippen LogP contribution in [0.4, 0.5) is 10.1 Å². The van der Waals surface area contributed by atoms with Gasteiger partial charge in [-0.15, -0.1) is 6.42 Å². The van der Waals surface area contributed by atoms with Crippen molar-refractivity contribution >= 4 is 57.5 Å². The molecule has 0 radical (unpaired) electrons. The molecule has 5 rings (SSSR count). The predicted octanol–water partition coefficient (Wildman–Crippen LogP) is 4.84. The summed E-state index contributed by atoms with van der Waals surface area (Å²) in [7, 11) is 0. The van der Waals surface area contributed by atoms with E-state index in [1.54, 1.807) is 24.3 Å². The maximum atomic E-state index is 14.9. The Bertz CT molecular complexity index is 1520. The fourth-order valence-corrected chi connectivity index (χ4v) is 5.97. The minimum absolute atomic E-state index is 0.0170. The molecule has 3 amide bonds. The molecule has 2 aliphatic heterocycles. The number of anilines is 1. The van der Waals surface area contributed by atoms with Crippen LogP contribution in [0.1, 0.15) is 42.7 Å². The number of halogens is 3. The molecule has 7 nitrogen and oxygen atoms in total. The summed E-state index contributed by atoms with van der Waals surface area (Å²) in [5.74, 6) is 1.20. The Morgan fingerprint density at radius 3 is 2.74 bits per heavy atom. The van der Waals surface area contributed by atoms with E-state index in [0.717, 1.165) is 5.56 Å². The molecule has 0 bridgehead atoms. The second-order valence-corrected chi connectivity index (χ2v) is 11.3. The van der Waals surface area contributed by atoms with Crippen molar-refractivity contribution in [2.75, 3.05) is 11.9 Å². The van der Waals surface area contributed by atoms with Crippen molar-refractivity contribution in [1.82, 2.24) is 15.2 Å². The summed E-state index contributed by atoms with van der Waals surface area (Å²) in [5.41, 5.74) is -0.688. The third-order valence-corrected chi connectivity index (χ3v) is 7.68. The molecule has 196 valence electrons. The number of hydrogen-bond acceptors (Lipinski definition) is 3. The van der Waals surface area contributed by atoms with Crippen LogP contribution in [0.2, 0.25) is 10.0 Å². The summed E-state index contributed by atoms with van der Waals surface area (Å²) in [6, 6.07) is 10.0. The maximum Gasteiger partial charge on any atom is 0.268 e. The molecule has 38 heavy (non-hydrogen) atoms. The number of alkyl halides is 1. The van der Waals surface area contributed by atoms with Gasteiger partial charge >= 0.3 is 0 Å². The molecule has 1 saturated heterocycles. The second-order valence-electron chi connectivity index (χ2n) is 10.4. The van der Waals surface area contributed by atoms with E-state index in [1.807, 2.05) is 18.2 Å². The van der Waals surface area contributed by atoms with Crippen LogP contribution in [0.5, 0.6) is 0 Å². The number of nitrogens with zero attached hydrogens (tertiary/aromatic N) is 1. The highest BCUT2D eigenvalue weighted by Crippen LogP contribution is 2.46. The van der Waals surface area contributed by atoms with E-state index < -0.39 is 35.0 Å². The fraction of sp³-hybridized carbons (Fsp3) is 0.321. The number of aromatic nitrogens is 1. The first-order valence-electron chi connectivity index (χ1n) is 12.1. The van der Waals surface area contributed by atoms with Crippen molar-refractivity contribution in [3.05, 3.63) is 63.8 Å². The van der Waals surface area contributed by atoms with Crippen molar-refractivity contribution in [2.45, 2.75) is 49.9 Å². The monoisotopic (exact) mass is 554 g/mol. The summed E-state index contributed by atoms with van der Waals surface area (Å²) in [6.07, 6.45) is 5.73. The Labute approximate surface area is 229 Å². The Morgan fingerprint density at radius 1 is 1.29 bits per heavy atom. The normalized spacial score (nSPS) is 21.3. The predicted molar refractivity (Wildman–Crippen MR) is 145 cm³/mol. The molecule has 3 N–H and O–H groups in total. The lowest BCUT2D eigenvalue weighted by atomic mass is 9.79. The number of amides is 3. The molecule has 3 atom stereocenters. The number of H-pyrrole nitrogens is 1. The third-order valence-electron chi connectivity index (χ3n) is 7.15. The zero-order valence-corrected chi connectivity index (χ0v) is 22.2. The smallest absolute Gasteiger partial charge is 0.268 e. The van der Waals surface area contributed by atoms with Gasteiger partial charge in [0.2, 0.25) is 11.8 Å². The topological polar surface area (TPSA) is 94.3 Å². The van der Waals surface area contributed by atoms with Crippen LogP contribution in [-0.2, 0) is 15.0 Å². The average Bonchev–Trinajstić information content (AvgIpc) is 3.52. The van der Waals surface area contributed by atoms with Crippen LogP contribution in [0.3, 0.4) is 0 Å². The maximum absolute atomic E-state index is 14.9. The van der Waals surface area contributed by atoms with E-state index >= 15 is 0 Å². The van der Waals surface area contributed by atoms with Gasteiger partial charge in [0.15, 0.2) is 0 Å². The van der Waals surface area contributed by atoms with Gasteiger partial charge in [0, 0.05) is 34.6 Å². The Morgan fingerprint density at radius 2 is 2.03 bits per heavy atom. The molecule has 2 aromatic carbocycles. The van der Waals surface area contributed by atoms with Crippen LogP contribution >= 0.6 is 23.2 Å². The van der Waals surface area contributed by atoms with E-state index in [2.05, 4.69) is 21.5 Å². The number of nitrogens with one attached hydrogen (secondary N) is 3. The molecule has 1 fully saturated rings. The van der Waals surface area contributed by atoms with Gasteiger partial charge in [-0.3, -0.25) is 14.4 Å². The van der Waals surface area contributed by atoms with E-state index in [0.29, 0.717) is 26.6 Å². The Balaban J connectivity index is 1.45. The zero-order valence-electron chi connectivity index (χ0n) is 20.7. The highest BCUT2D eigenvalue weighted by Gasteiger charge is 2.56. The third kappa shape index (κ3) is 4.50. The molecule has 3 heterocycles. The Kier molecular flexibility index (Phi) is 6.41. The highest BCUT2D eigenvalue weighted by molar-refractivity contribution is 6.38. The highest BCUT2D eigenvalue weighted by atomic mass is 35.5. The van der Waals surface area contributed by atoms with Crippen molar-refractivity contribution in [1.29, 1.82) is 0 Å². The van der Waals surface area contributed by atoms with Gasteiger partial charge in [0.1, 0.15) is 17.4 Å². The van der Waals surface area contributed by atoms with Crippen molar-refractivity contribution in [3.8, 4) is 12.3 Å². The minimum atomic E-state index is -1.79. The van der Waals surface area contributed by atoms with Crippen molar-refractivity contribution in [3.63, 3.8) is 0 Å². The summed E-state index contributed by atoms with van der Waals surface area (Å²) in [4.78, 5) is 44.5. The summed E-state index contributed by atoms with van der Waals surface area (Å²) < 4.78 is 14.9. The number of likely N-dealkylation sites (tertiary alicyclic amines) is 1. The van der Waals surface area contributed by atoms with Crippen LogP contribution < -0.4 is 10.6 Å². The lowest BCUT2D eigenvalue weighted by Crippen LogP contribution is -2.52. The number of hydrogen-bond donors (Lipinski definition) is 3. The van der Waals surface area contributed by atoms with Gasteiger partial charge in [0.25, 0.3) is 5.91 Å². The van der Waals surface area contributed by atoms with Gasteiger partial charge in [0.05, 0.1) is 16.5 Å². The van der Waals surface area contributed by atoms with Gasteiger partial charge in [-0.25, -0.2) is 4.39 Å². The quantitative estimate of drug-likeness (QED) is 0.394. The Hall–Kier alpha value is -3.54. The first-order valence-corrected chi connectivity index (χ1v) is 12.8. The van der Waals surface area contributed by atoms with E-state index in [9.17, 15) is 18.8 Å². The number of carbonyl (C=O) groups is 3. The number of benzene rings is 2. The van der Waals surface area contributed by atoms with Crippen LogP contribution in [0.25, 0.3) is 10.9 Å². The molecule has 1 spiro atoms. The lowest BCUT2D eigenvalue weighted by molar-refractivity contribution is -0.134. The molecule has 0 saturated carbocycles. The molecule has 2 aliphatic rings. The fourth-order valence-electron chi connectivity index (χ4n) is 5.42. The van der Waals surface area contributed by atoms with Gasteiger partial charge in [-0.1, -0.05) is 47.3 Å². The van der Waals surface area contributed by atoms with Crippen LogP contribution in [-0.4, -0.2) is 51.9 Å². The number of carbonyl (C=O) groups excluding carboxylic acids is 3. The second kappa shape index (κ2) is 9.33. The SMILES string of the molecule is C#C[C@@H]1C[C@@]2(CN1C(=O)C(CC(C)(C)F)NC(=O)c1cc3c(Cl)cc(Cl)cc3[nH]1)C(=O)Nc1ccccc12. The summed E-state index contributed by atoms with van der Waals surface area (Å²) in [5, 5.41) is 6.87. The van der Waals surface area contributed by atoms with Gasteiger partial charge in [-0.05, 0) is 50.1 Å². The molecule has 0 aliphatic carbocycles. The largest absolute Gasteiger partial charge is 0.350 e. The number of para-hydroxylation sites is 1. The molecule has 10 heteroatoms. The average molecular weight is 555 g/mol. The van der Waals surface area contributed by atoms with Crippen molar-refractivity contribution in [2.24, 2.45) is 0 Å². The zero-order chi connectivity index (χ0) is 27.4. The first kappa shape index (κ1) is 26.1. The number of fused-ring (bicyclic) bond motifs is 3. The number of terminal acetylenes is 1. The van der Waals surface area contributed by atoms with Crippen molar-refractivity contribution < 1.29 is 18.8 Å². The summed E-state index contributed by atoms with van der Waals surface area (Å²) >= 11 is 12.3. The molecule has 3 aromatic rings. The van der Waals surface area contributed by atoms with E-state index in [-0.39, 0.29) is 31.0 Å². The van der Waals surface area contributed by atoms with Gasteiger partial charge in [-0.2, -0.15) is 0 Å². The molecule has 1 unspecified atom stereocenters. The number of aromatic amines is 1. The van der Waals surface area contributed by atoms with E-state index in [4.69, 9.17) is 29.6 Å². The molecular formula is C28H25Cl2FN4O3. The molecular weight excluding hydrogens is 530 g/mol. The summed E-state index contributed by atoms with van der Waals surface area (Å²) in [6.45, 7) is 2.67. The van der Waals surface area contributed by atoms with Crippen LogP contribution in [0, 0.1) is 12.3 Å². The standard InChI is InChI=1S/C28H25Cl2FN4O3/c1-4-16-12-28(18-7-5-6-8-20(18)34-26(28)38)14-35(16)25(37)23(13-27(2,3)31)33-24(36)22-11-17-19(30)9-15(29)10-21(17)32-22/h1,5-11,16,23,32H,12-14H2,2-3H3,(H,33,36)(H,34,38)/t16-,23?,28+/m1/s1. The van der Waals surface area contributed by atoms with Gasteiger partial charge < -0.3 is 20.5 Å². The number of rotatable bonds is 5. The lowest BCUT2D eigenvalue weighted by Gasteiger charge is -2.30. The first-order chi connectivity index (χ1) is 17.9. The van der Waals surface area contributed by atoms with Crippen LogP contribution in [0.15, 0.2) is 42.5 Å². The van der Waals surface area contributed by atoms with E-state index in [1.165, 1.54) is 18.7 Å². The molecule has 1 aromatic heterocycles.